The van der Waals surface area contributed by atoms with Crippen molar-refractivity contribution in [2.24, 2.45) is 0 Å². The standard InChI is InChI=1S/C25H23N3O6S/c1-14-26-27-25(35-14)28-21(16-12-18(32-2)23(34-4)19(13-16)33-3)20(22(30)24(28)31)17(29)11-10-15-8-6-5-7-9-15/h5-13,21,30H,1-4H3. The number of nitrogens with zero attached hydrogens (tertiary/aromatic N) is 3. The second-order valence-electron chi connectivity index (χ2n) is 7.51. The molecule has 1 aromatic heterocycles. The molecule has 3 aromatic rings. The summed E-state index contributed by atoms with van der Waals surface area (Å²) in [6.07, 6.45) is 2.95. The minimum absolute atomic E-state index is 0.0932. The van der Waals surface area contributed by atoms with E-state index in [2.05, 4.69) is 10.2 Å². The summed E-state index contributed by atoms with van der Waals surface area (Å²) in [7, 11) is 4.41. The van der Waals surface area contributed by atoms with Gasteiger partial charge in [0.1, 0.15) is 5.01 Å². The first kappa shape index (κ1) is 24.0. The van der Waals surface area contributed by atoms with Crippen LogP contribution in [-0.4, -0.2) is 48.3 Å². The first-order chi connectivity index (χ1) is 16.9. The van der Waals surface area contributed by atoms with Crippen LogP contribution in [0.5, 0.6) is 17.2 Å². The van der Waals surface area contributed by atoms with Crippen molar-refractivity contribution in [1.29, 1.82) is 0 Å². The van der Waals surface area contributed by atoms with Crippen LogP contribution >= 0.6 is 11.3 Å². The molecule has 4 rings (SSSR count). The molecular weight excluding hydrogens is 470 g/mol. The van der Waals surface area contributed by atoms with Gasteiger partial charge in [-0.25, -0.2) is 0 Å². The minimum Gasteiger partial charge on any atom is -0.503 e. The third kappa shape index (κ3) is 4.47. The van der Waals surface area contributed by atoms with E-state index in [9.17, 15) is 14.7 Å². The van der Waals surface area contributed by atoms with Gasteiger partial charge in [-0.15, -0.1) is 10.2 Å². The molecule has 1 N–H and O–H groups in total. The molecular formula is C25H23N3O6S. The number of benzene rings is 2. The number of aryl methyl sites for hydroxylation is 1. The topological polar surface area (TPSA) is 111 Å². The number of aliphatic hydroxyl groups excluding tert-OH is 1. The summed E-state index contributed by atoms with van der Waals surface area (Å²) in [6, 6.07) is 11.5. The van der Waals surface area contributed by atoms with E-state index in [0.29, 0.717) is 27.8 Å². The number of allylic oxidation sites excluding steroid dienone is 1. The highest BCUT2D eigenvalue weighted by atomic mass is 32.1. The molecule has 0 radical (unpaired) electrons. The normalized spacial score (nSPS) is 15.7. The Balaban J connectivity index is 1.87. The second kappa shape index (κ2) is 9.98. The van der Waals surface area contributed by atoms with Crippen molar-refractivity contribution >= 4 is 34.2 Å². The third-order valence-electron chi connectivity index (χ3n) is 5.42. The zero-order valence-electron chi connectivity index (χ0n) is 19.5. The Hall–Kier alpha value is -4.18. The van der Waals surface area contributed by atoms with Gasteiger partial charge in [-0.1, -0.05) is 47.7 Å². The van der Waals surface area contributed by atoms with Crippen molar-refractivity contribution in [2.45, 2.75) is 13.0 Å². The summed E-state index contributed by atoms with van der Waals surface area (Å²) in [4.78, 5) is 27.8. The molecule has 0 bridgehead atoms. The number of ketones is 1. The van der Waals surface area contributed by atoms with E-state index in [0.717, 1.165) is 5.56 Å². The molecule has 0 fully saturated rings. The van der Waals surface area contributed by atoms with Gasteiger partial charge in [0.15, 0.2) is 23.0 Å². The van der Waals surface area contributed by atoms with Crippen LogP contribution in [0.2, 0.25) is 0 Å². The number of anilines is 1. The summed E-state index contributed by atoms with van der Waals surface area (Å²) in [6.45, 7) is 1.75. The van der Waals surface area contributed by atoms with E-state index in [-0.39, 0.29) is 10.7 Å². The van der Waals surface area contributed by atoms with Crippen LogP contribution < -0.4 is 19.1 Å². The highest BCUT2D eigenvalue weighted by molar-refractivity contribution is 7.15. The van der Waals surface area contributed by atoms with E-state index in [1.165, 1.54) is 43.6 Å². The number of carbonyl (C=O) groups is 2. The molecule has 1 atom stereocenters. The summed E-state index contributed by atoms with van der Waals surface area (Å²) in [5.41, 5.74) is 1.16. The molecule has 0 spiro atoms. The zero-order valence-corrected chi connectivity index (χ0v) is 20.3. The lowest BCUT2D eigenvalue weighted by Gasteiger charge is -2.25. The third-order valence-corrected chi connectivity index (χ3v) is 6.26. The fourth-order valence-electron chi connectivity index (χ4n) is 3.84. The number of ether oxygens (including phenoxy) is 3. The van der Waals surface area contributed by atoms with Gasteiger partial charge in [0.2, 0.25) is 10.9 Å². The Morgan fingerprint density at radius 1 is 1.06 bits per heavy atom. The Bertz CT molecular complexity index is 1310. The van der Waals surface area contributed by atoms with Crippen LogP contribution in [0.4, 0.5) is 5.13 Å². The molecule has 35 heavy (non-hydrogen) atoms. The average Bonchev–Trinajstić information content (AvgIpc) is 3.42. The Morgan fingerprint density at radius 2 is 1.71 bits per heavy atom. The molecule has 180 valence electrons. The number of methoxy groups -OCH3 is 3. The van der Waals surface area contributed by atoms with E-state index in [1.807, 2.05) is 30.3 Å². The first-order valence-corrected chi connectivity index (χ1v) is 11.3. The summed E-state index contributed by atoms with van der Waals surface area (Å²) in [5, 5.41) is 19.8. The molecule has 1 aliphatic rings. The van der Waals surface area contributed by atoms with Crippen LogP contribution in [-0.2, 0) is 9.59 Å². The number of amides is 1. The van der Waals surface area contributed by atoms with Crippen LogP contribution in [0, 0.1) is 6.92 Å². The molecule has 1 aliphatic heterocycles. The number of carbonyl (C=O) groups excluding carboxylic acids is 2. The summed E-state index contributed by atoms with van der Waals surface area (Å²) < 4.78 is 16.3. The highest BCUT2D eigenvalue weighted by Gasteiger charge is 2.45. The maximum atomic E-state index is 13.4. The lowest BCUT2D eigenvalue weighted by Crippen LogP contribution is -2.31. The van der Waals surface area contributed by atoms with Crippen molar-refractivity contribution in [3.8, 4) is 17.2 Å². The van der Waals surface area contributed by atoms with Gasteiger partial charge in [0, 0.05) is 0 Å². The van der Waals surface area contributed by atoms with Gasteiger partial charge in [-0.05, 0) is 36.3 Å². The van der Waals surface area contributed by atoms with Gasteiger partial charge in [0.25, 0.3) is 5.91 Å². The molecule has 1 amide bonds. The van der Waals surface area contributed by atoms with Crippen LogP contribution in [0.15, 0.2) is 59.9 Å². The SMILES string of the molecule is COc1cc(C2C(C(=O)C=Cc3ccccc3)=C(O)C(=O)N2c2nnc(C)s2)cc(OC)c1OC. The molecule has 0 aliphatic carbocycles. The largest absolute Gasteiger partial charge is 0.503 e. The molecule has 0 saturated carbocycles. The van der Waals surface area contributed by atoms with Crippen molar-refractivity contribution in [2.75, 3.05) is 26.2 Å². The van der Waals surface area contributed by atoms with Crippen molar-refractivity contribution in [1.82, 2.24) is 10.2 Å². The number of rotatable bonds is 8. The Labute approximate surface area is 205 Å². The fraction of sp³-hybridized carbons (Fsp3) is 0.200. The van der Waals surface area contributed by atoms with E-state index >= 15 is 0 Å². The quantitative estimate of drug-likeness (QED) is 0.468. The fourth-order valence-corrected chi connectivity index (χ4v) is 4.55. The van der Waals surface area contributed by atoms with Crippen LogP contribution in [0.25, 0.3) is 6.08 Å². The zero-order chi connectivity index (χ0) is 25.1. The molecule has 0 saturated heterocycles. The predicted molar refractivity (Wildman–Crippen MR) is 131 cm³/mol. The van der Waals surface area contributed by atoms with Gasteiger partial charge in [-0.3, -0.25) is 14.5 Å². The van der Waals surface area contributed by atoms with Crippen molar-refractivity contribution in [3.05, 3.63) is 76.0 Å². The lowest BCUT2D eigenvalue weighted by atomic mass is 9.95. The van der Waals surface area contributed by atoms with Gasteiger partial charge in [-0.2, -0.15) is 0 Å². The Kier molecular flexibility index (Phi) is 6.83. The molecule has 10 heteroatoms. The smallest absolute Gasteiger partial charge is 0.296 e. The lowest BCUT2D eigenvalue weighted by molar-refractivity contribution is -0.117. The van der Waals surface area contributed by atoms with Gasteiger partial charge in [0.05, 0.1) is 32.9 Å². The van der Waals surface area contributed by atoms with Crippen molar-refractivity contribution in [3.63, 3.8) is 0 Å². The number of aromatic nitrogens is 2. The number of hydrogen-bond acceptors (Lipinski definition) is 9. The van der Waals surface area contributed by atoms with Crippen molar-refractivity contribution < 1.29 is 28.9 Å². The average molecular weight is 494 g/mol. The maximum absolute atomic E-state index is 13.4. The first-order valence-electron chi connectivity index (χ1n) is 10.5. The molecule has 2 heterocycles. The highest BCUT2D eigenvalue weighted by Crippen LogP contribution is 2.46. The number of hydrogen-bond donors (Lipinski definition) is 1. The summed E-state index contributed by atoms with van der Waals surface area (Å²) in [5.74, 6) is -0.911. The van der Waals surface area contributed by atoms with Gasteiger partial charge < -0.3 is 19.3 Å². The second-order valence-corrected chi connectivity index (χ2v) is 8.67. The molecule has 1 unspecified atom stereocenters. The monoisotopic (exact) mass is 493 g/mol. The van der Waals surface area contributed by atoms with Gasteiger partial charge >= 0.3 is 0 Å². The van der Waals surface area contributed by atoms with Crippen LogP contribution in [0.3, 0.4) is 0 Å². The van der Waals surface area contributed by atoms with E-state index in [4.69, 9.17) is 14.2 Å². The minimum atomic E-state index is -1.00. The predicted octanol–water partition coefficient (Wildman–Crippen LogP) is 4.05. The Morgan fingerprint density at radius 3 is 2.26 bits per heavy atom. The maximum Gasteiger partial charge on any atom is 0.296 e. The molecule has 9 nitrogen and oxygen atoms in total. The van der Waals surface area contributed by atoms with E-state index < -0.39 is 23.5 Å². The summed E-state index contributed by atoms with van der Waals surface area (Å²) >= 11 is 1.17. The molecule has 2 aromatic carbocycles. The van der Waals surface area contributed by atoms with Crippen LogP contribution in [0.1, 0.15) is 22.2 Å². The van der Waals surface area contributed by atoms with E-state index in [1.54, 1.807) is 25.1 Å². The number of aliphatic hydroxyl groups is 1.